The van der Waals surface area contributed by atoms with E-state index < -0.39 is 0 Å². The van der Waals surface area contributed by atoms with Gasteiger partial charge in [-0.2, -0.15) is 0 Å². The van der Waals surface area contributed by atoms with E-state index >= 15 is 0 Å². The van der Waals surface area contributed by atoms with Crippen molar-refractivity contribution in [2.45, 2.75) is 0 Å². The molecule has 0 amide bonds. The molecular formula is C11H11ClN2S2. The minimum absolute atomic E-state index is 0.755. The Morgan fingerprint density at radius 3 is 2.81 bits per heavy atom. The topological polar surface area (TPSA) is 8.17 Å². The first kappa shape index (κ1) is 11.8. The number of hydrogen-bond donors (Lipinski definition) is 0. The largest absolute Gasteiger partial charge is 0.362 e. The lowest BCUT2D eigenvalue weighted by atomic mass is 10.2. The molecule has 84 valence electrons. The van der Waals surface area contributed by atoms with Crippen LogP contribution in [0, 0.1) is 0 Å². The van der Waals surface area contributed by atoms with Gasteiger partial charge in [-0.15, -0.1) is 0 Å². The van der Waals surface area contributed by atoms with E-state index in [0.29, 0.717) is 0 Å². The van der Waals surface area contributed by atoms with Gasteiger partial charge in [-0.3, -0.25) is 3.97 Å². The summed E-state index contributed by atoms with van der Waals surface area (Å²) in [5.74, 6) is 0. The monoisotopic (exact) mass is 270 g/mol. The second kappa shape index (κ2) is 4.65. The van der Waals surface area contributed by atoms with Crippen molar-refractivity contribution in [3.8, 4) is 0 Å². The van der Waals surface area contributed by atoms with E-state index in [1.807, 2.05) is 53.4 Å². The molecule has 0 saturated carbocycles. The third-order valence-electron chi connectivity index (χ3n) is 2.16. The summed E-state index contributed by atoms with van der Waals surface area (Å²) in [7, 11) is 3.88. The van der Waals surface area contributed by atoms with E-state index in [1.165, 1.54) is 11.9 Å². The predicted octanol–water partition coefficient (Wildman–Crippen LogP) is 3.64. The summed E-state index contributed by atoms with van der Waals surface area (Å²) in [6.07, 6.45) is 2.00. The van der Waals surface area contributed by atoms with E-state index in [4.69, 9.17) is 23.8 Å². The molecule has 0 N–H and O–H groups in total. The molecule has 1 aromatic heterocycles. The molecule has 0 aliphatic carbocycles. The van der Waals surface area contributed by atoms with E-state index in [0.717, 1.165) is 20.2 Å². The maximum atomic E-state index is 5.93. The lowest BCUT2D eigenvalue weighted by molar-refractivity contribution is 0.647. The van der Waals surface area contributed by atoms with Gasteiger partial charge in [0.2, 0.25) is 0 Å². The Balaban J connectivity index is 2.35. The number of fused-ring (bicyclic) bond motifs is 1. The first-order valence-electron chi connectivity index (χ1n) is 4.74. The molecule has 0 saturated heterocycles. The molecule has 5 heteroatoms. The molecule has 16 heavy (non-hydrogen) atoms. The second-order valence-corrected chi connectivity index (χ2v) is 5.64. The summed E-state index contributed by atoms with van der Waals surface area (Å²) in [6.45, 7) is 0. The summed E-state index contributed by atoms with van der Waals surface area (Å²) >= 11 is 12.7. The number of rotatable bonds is 1. The normalized spacial score (nSPS) is 10.7. The zero-order valence-electron chi connectivity index (χ0n) is 8.98. The zero-order valence-corrected chi connectivity index (χ0v) is 11.4. The Morgan fingerprint density at radius 1 is 1.38 bits per heavy atom. The van der Waals surface area contributed by atoms with Crippen LogP contribution in [0.3, 0.4) is 0 Å². The van der Waals surface area contributed by atoms with Crippen molar-refractivity contribution >= 4 is 51.0 Å². The van der Waals surface area contributed by atoms with Crippen LogP contribution < -0.4 is 0 Å². The first-order chi connectivity index (χ1) is 7.58. The molecule has 0 bridgehead atoms. The summed E-state index contributed by atoms with van der Waals surface area (Å²) < 4.78 is 2.88. The molecule has 2 rings (SSSR count). The quantitative estimate of drug-likeness (QED) is 0.732. The molecular weight excluding hydrogens is 260 g/mol. The maximum absolute atomic E-state index is 5.93. The van der Waals surface area contributed by atoms with Crippen molar-refractivity contribution < 1.29 is 0 Å². The highest BCUT2D eigenvalue weighted by atomic mass is 35.5. The molecule has 0 aliphatic heterocycles. The Labute approximate surface area is 109 Å². The number of thiocarbonyl (C=S) groups is 1. The molecule has 2 aromatic rings. The van der Waals surface area contributed by atoms with Crippen LogP contribution in [0.15, 0.2) is 30.5 Å². The minimum Gasteiger partial charge on any atom is -0.362 e. The van der Waals surface area contributed by atoms with Crippen molar-refractivity contribution in [3.63, 3.8) is 0 Å². The van der Waals surface area contributed by atoms with Gasteiger partial charge in [-0.25, -0.2) is 0 Å². The van der Waals surface area contributed by atoms with Crippen LogP contribution in [-0.4, -0.2) is 27.3 Å². The van der Waals surface area contributed by atoms with Crippen molar-refractivity contribution in [2.75, 3.05) is 14.1 Å². The summed E-state index contributed by atoms with van der Waals surface area (Å²) in [6, 6.07) is 7.88. The number of nitrogens with zero attached hydrogens (tertiary/aromatic N) is 2. The van der Waals surface area contributed by atoms with Gasteiger partial charge in [0, 0.05) is 42.6 Å². The smallest absolute Gasteiger partial charge is 0.156 e. The molecule has 1 aromatic carbocycles. The van der Waals surface area contributed by atoms with Crippen LogP contribution in [0.2, 0.25) is 5.02 Å². The van der Waals surface area contributed by atoms with Crippen molar-refractivity contribution in [3.05, 3.63) is 35.5 Å². The molecule has 0 radical (unpaired) electrons. The molecule has 0 atom stereocenters. The molecule has 0 unspecified atom stereocenters. The van der Waals surface area contributed by atoms with Gasteiger partial charge in [0.25, 0.3) is 0 Å². The number of benzene rings is 1. The Hall–Kier alpha value is -0.710. The lowest BCUT2D eigenvalue weighted by Gasteiger charge is -2.13. The van der Waals surface area contributed by atoms with E-state index in [2.05, 4.69) is 0 Å². The minimum atomic E-state index is 0.755. The maximum Gasteiger partial charge on any atom is 0.156 e. The van der Waals surface area contributed by atoms with Crippen LogP contribution in [0.4, 0.5) is 0 Å². The summed E-state index contributed by atoms with van der Waals surface area (Å²) in [5, 5.41) is 1.88. The number of hydrogen-bond acceptors (Lipinski definition) is 2. The van der Waals surface area contributed by atoms with Crippen LogP contribution in [0.1, 0.15) is 0 Å². The highest BCUT2D eigenvalue weighted by Crippen LogP contribution is 2.24. The average Bonchev–Trinajstić information content (AvgIpc) is 2.60. The third-order valence-corrected chi connectivity index (χ3v) is 4.02. The Morgan fingerprint density at radius 2 is 2.12 bits per heavy atom. The Bertz CT molecular complexity index is 534. The van der Waals surface area contributed by atoms with Crippen LogP contribution in [-0.2, 0) is 0 Å². The zero-order chi connectivity index (χ0) is 11.7. The van der Waals surface area contributed by atoms with E-state index in [9.17, 15) is 0 Å². The number of aromatic nitrogens is 1. The van der Waals surface area contributed by atoms with Gasteiger partial charge in [0.1, 0.15) is 0 Å². The van der Waals surface area contributed by atoms with Crippen molar-refractivity contribution in [1.29, 1.82) is 0 Å². The molecule has 0 fully saturated rings. The predicted molar refractivity (Wildman–Crippen MR) is 76.2 cm³/mol. The second-order valence-electron chi connectivity index (χ2n) is 3.60. The fraction of sp³-hybridized carbons (Fsp3) is 0.182. The summed E-state index contributed by atoms with van der Waals surface area (Å²) in [5.41, 5.74) is 1.12. The molecule has 2 nitrogen and oxygen atoms in total. The van der Waals surface area contributed by atoms with Gasteiger partial charge >= 0.3 is 0 Å². The highest BCUT2D eigenvalue weighted by Gasteiger charge is 2.06. The molecule has 0 aliphatic rings. The fourth-order valence-corrected chi connectivity index (χ4v) is 2.47. The highest BCUT2D eigenvalue weighted by molar-refractivity contribution is 8.22. The van der Waals surface area contributed by atoms with E-state index in [1.54, 1.807) is 0 Å². The van der Waals surface area contributed by atoms with Crippen LogP contribution in [0.5, 0.6) is 0 Å². The Kier molecular flexibility index (Phi) is 3.42. The SMILES string of the molecule is CN(C)C(=S)Sn1ccc2cc(Cl)ccc21. The lowest BCUT2D eigenvalue weighted by Crippen LogP contribution is -2.17. The van der Waals surface area contributed by atoms with Gasteiger partial charge < -0.3 is 4.90 Å². The molecule has 1 heterocycles. The van der Waals surface area contributed by atoms with Crippen molar-refractivity contribution in [2.24, 2.45) is 0 Å². The number of halogens is 1. The fourth-order valence-electron chi connectivity index (χ4n) is 1.33. The third kappa shape index (κ3) is 2.34. The van der Waals surface area contributed by atoms with Crippen molar-refractivity contribution in [1.82, 2.24) is 8.87 Å². The van der Waals surface area contributed by atoms with Gasteiger partial charge in [-0.1, -0.05) is 23.8 Å². The average molecular weight is 271 g/mol. The van der Waals surface area contributed by atoms with Gasteiger partial charge in [0.05, 0.1) is 5.52 Å². The van der Waals surface area contributed by atoms with Crippen LogP contribution in [0.25, 0.3) is 10.9 Å². The van der Waals surface area contributed by atoms with Gasteiger partial charge in [0.15, 0.2) is 4.32 Å². The van der Waals surface area contributed by atoms with Crippen LogP contribution >= 0.6 is 35.8 Å². The molecule has 0 spiro atoms. The standard InChI is InChI=1S/C11H11ClN2S2/c1-13(2)11(15)16-14-6-5-8-7-9(12)3-4-10(8)14/h3-7H,1-2H3. The van der Waals surface area contributed by atoms with Gasteiger partial charge in [-0.05, 0) is 24.3 Å². The summed E-state index contributed by atoms with van der Waals surface area (Å²) in [4.78, 5) is 1.92. The first-order valence-corrected chi connectivity index (χ1v) is 6.30. The van der Waals surface area contributed by atoms with E-state index in [-0.39, 0.29) is 0 Å².